The van der Waals surface area contributed by atoms with E-state index in [1.165, 1.54) is 36.4 Å². The lowest BCUT2D eigenvalue weighted by Gasteiger charge is -2.06. The molecule has 2 aromatic carbocycles. The molecular formula is C19H16F3N3O5S. The summed E-state index contributed by atoms with van der Waals surface area (Å²) in [5.41, 5.74) is -0.524. The molecule has 164 valence electrons. The second-order valence-electron chi connectivity index (χ2n) is 6.19. The SMILES string of the molecule is CCNS(=O)(=O)c1cccc(C(=O)OCc2nc(-c3ccc(C(F)(F)F)cc3)no2)c1. The summed E-state index contributed by atoms with van der Waals surface area (Å²) in [6, 6.07) is 9.45. The highest BCUT2D eigenvalue weighted by Gasteiger charge is 2.30. The van der Waals surface area contributed by atoms with E-state index >= 15 is 0 Å². The van der Waals surface area contributed by atoms with E-state index < -0.39 is 34.3 Å². The molecule has 0 aliphatic heterocycles. The minimum absolute atomic E-state index is 0.00135. The highest BCUT2D eigenvalue weighted by molar-refractivity contribution is 7.89. The Morgan fingerprint density at radius 1 is 1.16 bits per heavy atom. The second-order valence-corrected chi connectivity index (χ2v) is 7.96. The molecule has 1 aromatic heterocycles. The zero-order valence-electron chi connectivity index (χ0n) is 16.0. The predicted molar refractivity (Wildman–Crippen MR) is 101 cm³/mol. The van der Waals surface area contributed by atoms with Gasteiger partial charge in [0.1, 0.15) is 0 Å². The second kappa shape index (κ2) is 8.86. The normalized spacial score (nSPS) is 12.0. The highest BCUT2D eigenvalue weighted by Crippen LogP contribution is 2.30. The van der Waals surface area contributed by atoms with Gasteiger partial charge in [-0.3, -0.25) is 0 Å². The van der Waals surface area contributed by atoms with Crippen LogP contribution in [0, 0.1) is 0 Å². The summed E-state index contributed by atoms with van der Waals surface area (Å²) in [4.78, 5) is 16.1. The van der Waals surface area contributed by atoms with Crippen LogP contribution in [0.2, 0.25) is 0 Å². The van der Waals surface area contributed by atoms with Crippen molar-refractivity contribution in [2.75, 3.05) is 6.54 Å². The molecule has 0 atom stereocenters. The number of alkyl halides is 3. The third kappa shape index (κ3) is 5.47. The number of rotatable bonds is 7. The van der Waals surface area contributed by atoms with E-state index in [0.717, 1.165) is 12.1 Å². The zero-order chi connectivity index (χ0) is 22.6. The summed E-state index contributed by atoms with van der Waals surface area (Å²) < 4.78 is 74.3. The maximum atomic E-state index is 12.6. The van der Waals surface area contributed by atoms with E-state index in [1.54, 1.807) is 6.92 Å². The zero-order valence-corrected chi connectivity index (χ0v) is 16.8. The van der Waals surface area contributed by atoms with Crippen LogP contribution in [0.15, 0.2) is 57.9 Å². The molecule has 31 heavy (non-hydrogen) atoms. The number of hydrogen-bond donors (Lipinski definition) is 1. The lowest BCUT2D eigenvalue weighted by atomic mass is 10.1. The molecule has 1 N–H and O–H groups in total. The molecule has 0 aliphatic rings. The minimum atomic E-state index is -4.46. The number of ether oxygens (including phenoxy) is 1. The maximum absolute atomic E-state index is 12.6. The quantitative estimate of drug-likeness (QED) is 0.544. The van der Waals surface area contributed by atoms with Gasteiger partial charge < -0.3 is 9.26 Å². The van der Waals surface area contributed by atoms with Gasteiger partial charge in [0.2, 0.25) is 15.8 Å². The van der Waals surface area contributed by atoms with Crippen LogP contribution in [-0.4, -0.2) is 31.1 Å². The van der Waals surface area contributed by atoms with E-state index in [4.69, 9.17) is 9.26 Å². The van der Waals surface area contributed by atoms with Crippen molar-refractivity contribution in [3.8, 4) is 11.4 Å². The molecule has 0 fully saturated rings. The number of esters is 1. The van der Waals surface area contributed by atoms with E-state index in [9.17, 15) is 26.4 Å². The first-order valence-corrected chi connectivity index (χ1v) is 10.4. The fourth-order valence-electron chi connectivity index (χ4n) is 2.51. The van der Waals surface area contributed by atoms with Crippen LogP contribution < -0.4 is 4.72 Å². The standard InChI is InChI=1S/C19H16F3N3O5S/c1-2-23-31(27,28)15-5-3-4-13(10-15)18(26)29-11-16-24-17(25-30-16)12-6-8-14(9-7-12)19(20,21)22/h3-10,23H,2,11H2,1H3. The summed E-state index contributed by atoms with van der Waals surface area (Å²) >= 11 is 0. The predicted octanol–water partition coefficient (Wildman–Crippen LogP) is 3.41. The van der Waals surface area contributed by atoms with Crippen LogP contribution in [-0.2, 0) is 27.5 Å². The largest absolute Gasteiger partial charge is 0.452 e. The van der Waals surface area contributed by atoms with E-state index in [1.807, 2.05) is 0 Å². The van der Waals surface area contributed by atoms with Crippen molar-refractivity contribution in [3.63, 3.8) is 0 Å². The van der Waals surface area contributed by atoms with Gasteiger partial charge in [0.15, 0.2) is 6.61 Å². The van der Waals surface area contributed by atoms with Gasteiger partial charge >= 0.3 is 12.1 Å². The van der Waals surface area contributed by atoms with E-state index in [0.29, 0.717) is 0 Å². The molecular weight excluding hydrogens is 439 g/mol. The summed E-state index contributed by atoms with van der Waals surface area (Å²) in [7, 11) is -3.74. The van der Waals surface area contributed by atoms with Gasteiger partial charge in [-0.15, -0.1) is 0 Å². The molecule has 0 spiro atoms. The number of nitrogens with one attached hydrogen (secondary N) is 1. The Kier molecular flexibility index (Phi) is 6.41. The summed E-state index contributed by atoms with van der Waals surface area (Å²) in [5.74, 6) is -0.874. The molecule has 8 nitrogen and oxygen atoms in total. The number of sulfonamides is 1. The molecule has 0 saturated carbocycles. The first kappa shape index (κ1) is 22.4. The summed E-state index contributed by atoms with van der Waals surface area (Å²) in [5, 5.41) is 3.65. The van der Waals surface area contributed by atoms with Gasteiger partial charge in [0.25, 0.3) is 5.89 Å². The van der Waals surface area contributed by atoms with Crippen LogP contribution in [0.25, 0.3) is 11.4 Å². The van der Waals surface area contributed by atoms with Gasteiger partial charge in [0, 0.05) is 12.1 Å². The van der Waals surface area contributed by atoms with Crippen molar-refractivity contribution in [1.29, 1.82) is 0 Å². The Balaban J connectivity index is 1.66. The number of halogens is 3. The molecule has 0 aliphatic carbocycles. The Labute approximate surface area is 175 Å². The van der Waals surface area contributed by atoms with E-state index in [2.05, 4.69) is 14.9 Å². The monoisotopic (exact) mass is 455 g/mol. The number of benzene rings is 2. The molecule has 12 heteroatoms. The average molecular weight is 455 g/mol. The van der Waals surface area contributed by atoms with E-state index in [-0.39, 0.29) is 34.3 Å². The van der Waals surface area contributed by atoms with Crippen LogP contribution in [0.4, 0.5) is 13.2 Å². The molecule has 1 heterocycles. The van der Waals surface area contributed by atoms with Crippen LogP contribution in [0.5, 0.6) is 0 Å². The summed E-state index contributed by atoms with van der Waals surface area (Å²) in [6.45, 7) is 1.41. The van der Waals surface area contributed by atoms with Gasteiger partial charge in [-0.1, -0.05) is 30.3 Å². The molecule has 0 radical (unpaired) electrons. The Bertz CT molecular complexity index is 1170. The third-order valence-corrected chi connectivity index (χ3v) is 5.52. The number of nitrogens with zero attached hydrogens (tertiary/aromatic N) is 2. The van der Waals surface area contributed by atoms with Crippen LogP contribution >= 0.6 is 0 Å². The number of carbonyl (C=O) groups is 1. The van der Waals surface area contributed by atoms with Crippen molar-refractivity contribution in [3.05, 3.63) is 65.5 Å². The maximum Gasteiger partial charge on any atom is 0.416 e. The van der Waals surface area contributed by atoms with Crippen molar-refractivity contribution >= 4 is 16.0 Å². The first-order valence-electron chi connectivity index (χ1n) is 8.87. The Morgan fingerprint density at radius 3 is 2.52 bits per heavy atom. The van der Waals surface area contributed by atoms with Crippen molar-refractivity contribution in [2.45, 2.75) is 24.6 Å². The molecule has 0 amide bonds. The minimum Gasteiger partial charge on any atom is -0.452 e. The van der Waals surface area contributed by atoms with Crippen molar-refractivity contribution in [1.82, 2.24) is 14.9 Å². The fraction of sp³-hybridized carbons (Fsp3) is 0.211. The molecule has 0 unspecified atom stereocenters. The number of carbonyl (C=O) groups excluding carboxylic acids is 1. The van der Waals surface area contributed by atoms with Crippen LogP contribution in [0.3, 0.4) is 0 Å². The molecule has 3 aromatic rings. The topological polar surface area (TPSA) is 111 Å². The van der Waals surface area contributed by atoms with Gasteiger partial charge in [-0.05, 0) is 30.3 Å². The van der Waals surface area contributed by atoms with Crippen LogP contribution in [0.1, 0.15) is 28.7 Å². The molecule has 0 saturated heterocycles. The summed E-state index contributed by atoms with van der Waals surface area (Å²) in [6.07, 6.45) is -4.46. The fourth-order valence-corrected chi connectivity index (χ4v) is 3.60. The molecule has 0 bridgehead atoms. The lowest BCUT2D eigenvalue weighted by Crippen LogP contribution is -2.23. The smallest absolute Gasteiger partial charge is 0.416 e. The Hall–Kier alpha value is -3.25. The highest BCUT2D eigenvalue weighted by atomic mass is 32.2. The Morgan fingerprint density at radius 2 is 1.87 bits per heavy atom. The molecule has 3 rings (SSSR count). The first-order chi connectivity index (χ1) is 14.6. The van der Waals surface area contributed by atoms with Gasteiger partial charge in [-0.25, -0.2) is 17.9 Å². The number of hydrogen-bond acceptors (Lipinski definition) is 7. The van der Waals surface area contributed by atoms with Crippen molar-refractivity contribution in [2.24, 2.45) is 0 Å². The van der Waals surface area contributed by atoms with Gasteiger partial charge in [-0.2, -0.15) is 18.2 Å². The average Bonchev–Trinajstić information content (AvgIpc) is 3.20. The number of aromatic nitrogens is 2. The van der Waals surface area contributed by atoms with Gasteiger partial charge in [0.05, 0.1) is 16.0 Å². The van der Waals surface area contributed by atoms with Crippen molar-refractivity contribution < 1.29 is 35.6 Å². The lowest BCUT2D eigenvalue weighted by molar-refractivity contribution is -0.137. The third-order valence-electron chi connectivity index (χ3n) is 3.98.